The van der Waals surface area contributed by atoms with Crippen molar-refractivity contribution in [2.75, 3.05) is 7.11 Å². The van der Waals surface area contributed by atoms with Gasteiger partial charge in [-0.15, -0.1) is 0 Å². The van der Waals surface area contributed by atoms with E-state index >= 15 is 0 Å². The van der Waals surface area contributed by atoms with Crippen LogP contribution in [0.2, 0.25) is 0 Å². The highest BCUT2D eigenvalue weighted by molar-refractivity contribution is 5.78. The third-order valence-electron chi connectivity index (χ3n) is 3.71. The highest BCUT2D eigenvalue weighted by Gasteiger charge is 2.10. The second-order valence-electron chi connectivity index (χ2n) is 5.36. The summed E-state index contributed by atoms with van der Waals surface area (Å²) >= 11 is 0. The summed E-state index contributed by atoms with van der Waals surface area (Å²) in [4.78, 5) is 27.3. The second-order valence-corrected chi connectivity index (χ2v) is 5.36. The number of carbonyl (C=O) groups excluding carboxylic acids is 1. The van der Waals surface area contributed by atoms with Crippen molar-refractivity contribution in [3.05, 3.63) is 58.5 Å². The molecule has 0 atom stereocenters. The van der Waals surface area contributed by atoms with Crippen LogP contribution in [0.25, 0.3) is 10.9 Å². The maximum Gasteiger partial charge on any atom is 0.305 e. The molecule has 2 heterocycles. The van der Waals surface area contributed by atoms with E-state index in [1.807, 2.05) is 22.8 Å². The highest BCUT2D eigenvalue weighted by atomic mass is 16.5. The third-order valence-corrected chi connectivity index (χ3v) is 3.71. The van der Waals surface area contributed by atoms with Crippen molar-refractivity contribution in [2.45, 2.75) is 25.8 Å². The number of methoxy groups -OCH3 is 1. The predicted molar refractivity (Wildman–Crippen MR) is 86.6 cm³/mol. The Balaban J connectivity index is 1.72. The van der Waals surface area contributed by atoms with Crippen molar-refractivity contribution in [1.82, 2.24) is 14.7 Å². The minimum Gasteiger partial charge on any atom is -0.469 e. The van der Waals surface area contributed by atoms with Gasteiger partial charge < -0.3 is 13.8 Å². The van der Waals surface area contributed by atoms with Crippen molar-refractivity contribution in [2.24, 2.45) is 0 Å². The van der Waals surface area contributed by atoms with Crippen molar-refractivity contribution in [3.8, 4) is 0 Å². The summed E-state index contributed by atoms with van der Waals surface area (Å²) in [7, 11) is 1.36. The summed E-state index contributed by atoms with van der Waals surface area (Å²) in [5.74, 6) is 0.755. The van der Waals surface area contributed by atoms with Gasteiger partial charge >= 0.3 is 5.97 Å². The van der Waals surface area contributed by atoms with Crippen LogP contribution in [0.5, 0.6) is 0 Å². The quantitative estimate of drug-likeness (QED) is 0.643. The van der Waals surface area contributed by atoms with E-state index in [0.717, 1.165) is 5.52 Å². The Kier molecular flexibility index (Phi) is 4.69. The predicted octanol–water partition coefficient (Wildman–Crippen LogP) is 1.93. The minimum atomic E-state index is -0.255. The van der Waals surface area contributed by atoms with E-state index < -0.39 is 0 Å². The molecule has 0 amide bonds. The second kappa shape index (κ2) is 7.08. The zero-order valence-electron chi connectivity index (χ0n) is 13.3. The van der Waals surface area contributed by atoms with Crippen molar-refractivity contribution in [1.29, 1.82) is 0 Å². The molecule has 0 N–H and O–H groups in total. The number of hydrogen-bond donors (Lipinski definition) is 0. The lowest BCUT2D eigenvalue weighted by Crippen LogP contribution is -2.09. The lowest BCUT2D eigenvalue weighted by atomic mass is 10.2. The number of hydrogen-bond acceptors (Lipinski definition) is 6. The Morgan fingerprint density at radius 1 is 1.29 bits per heavy atom. The monoisotopic (exact) mass is 327 g/mol. The lowest BCUT2D eigenvalue weighted by molar-refractivity contribution is -0.140. The van der Waals surface area contributed by atoms with Crippen LogP contribution >= 0.6 is 0 Å². The first-order valence-electron chi connectivity index (χ1n) is 7.64. The molecule has 0 aliphatic heterocycles. The molecule has 0 spiro atoms. The van der Waals surface area contributed by atoms with E-state index in [2.05, 4.69) is 14.9 Å². The fraction of sp³-hybridized carbons (Fsp3) is 0.294. The van der Waals surface area contributed by atoms with Gasteiger partial charge in [0, 0.05) is 30.5 Å². The standard InChI is InChI=1S/C17H17N3O4/c1-23-17(22)8-4-7-16-18-15(19-24-16)11-20-10-9-14(21)12-5-2-3-6-13(12)20/h2-3,5-6,9-10H,4,7-8,11H2,1H3. The first-order chi connectivity index (χ1) is 11.7. The molecule has 7 nitrogen and oxygen atoms in total. The van der Waals surface area contributed by atoms with Gasteiger partial charge in [-0.3, -0.25) is 9.59 Å². The molecule has 0 saturated carbocycles. The largest absolute Gasteiger partial charge is 0.469 e. The van der Waals surface area contributed by atoms with E-state index in [9.17, 15) is 9.59 Å². The maximum atomic E-state index is 11.9. The van der Waals surface area contributed by atoms with E-state index in [-0.39, 0.29) is 11.4 Å². The van der Waals surface area contributed by atoms with Gasteiger partial charge in [0.25, 0.3) is 0 Å². The molecule has 124 valence electrons. The zero-order chi connectivity index (χ0) is 16.9. The molecule has 1 aromatic carbocycles. The van der Waals surface area contributed by atoms with Gasteiger partial charge in [-0.25, -0.2) is 0 Å². The van der Waals surface area contributed by atoms with Gasteiger partial charge in [0.15, 0.2) is 11.3 Å². The molecule has 0 aliphatic carbocycles. The summed E-state index contributed by atoms with van der Waals surface area (Å²) in [5.41, 5.74) is 0.806. The first-order valence-corrected chi connectivity index (χ1v) is 7.64. The van der Waals surface area contributed by atoms with Crippen molar-refractivity contribution < 1.29 is 14.1 Å². The molecule has 7 heteroatoms. The number of nitrogens with zero attached hydrogens (tertiary/aromatic N) is 3. The normalized spacial score (nSPS) is 10.9. The van der Waals surface area contributed by atoms with Crippen LogP contribution in [-0.4, -0.2) is 27.8 Å². The number of pyridine rings is 1. The number of rotatable bonds is 6. The molecule has 0 unspecified atom stereocenters. The zero-order valence-corrected chi connectivity index (χ0v) is 13.3. The van der Waals surface area contributed by atoms with Crippen LogP contribution in [0, 0.1) is 0 Å². The lowest BCUT2D eigenvalue weighted by Gasteiger charge is -2.07. The fourth-order valence-corrected chi connectivity index (χ4v) is 2.49. The van der Waals surface area contributed by atoms with Crippen LogP contribution in [0.4, 0.5) is 0 Å². The number of carbonyl (C=O) groups is 1. The third kappa shape index (κ3) is 3.51. The van der Waals surface area contributed by atoms with E-state index in [1.165, 1.54) is 13.2 Å². The Morgan fingerprint density at radius 2 is 2.12 bits per heavy atom. The minimum absolute atomic E-state index is 0.0153. The van der Waals surface area contributed by atoms with E-state index in [4.69, 9.17) is 4.52 Å². The maximum absolute atomic E-state index is 11.9. The van der Waals surface area contributed by atoms with E-state index in [1.54, 1.807) is 12.3 Å². The van der Waals surface area contributed by atoms with Gasteiger partial charge in [-0.05, 0) is 18.6 Å². The smallest absolute Gasteiger partial charge is 0.305 e. The van der Waals surface area contributed by atoms with Crippen molar-refractivity contribution >= 4 is 16.9 Å². The number of para-hydroxylation sites is 1. The average molecular weight is 327 g/mol. The van der Waals surface area contributed by atoms with Gasteiger partial charge in [-0.2, -0.15) is 4.98 Å². The molecular formula is C17H17N3O4. The number of benzene rings is 1. The van der Waals surface area contributed by atoms with E-state index in [0.29, 0.717) is 42.9 Å². The molecule has 2 aromatic heterocycles. The number of ether oxygens (including phenoxy) is 1. The Morgan fingerprint density at radius 3 is 2.96 bits per heavy atom. The van der Waals surface area contributed by atoms with Gasteiger partial charge in [0.2, 0.25) is 5.89 Å². The number of fused-ring (bicyclic) bond motifs is 1. The average Bonchev–Trinajstić information content (AvgIpc) is 3.05. The topological polar surface area (TPSA) is 87.2 Å². The molecular weight excluding hydrogens is 310 g/mol. The first kappa shape index (κ1) is 15.9. The summed E-state index contributed by atoms with van der Waals surface area (Å²) in [6, 6.07) is 8.92. The SMILES string of the molecule is COC(=O)CCCc1nc(Cn2ccc(=O)c3ccccc32)no1. The van der Waals surface area contributed by atoms with Gasteiger partial charge in [0.05, 0.1) is 19.2 Å². The molecule has 0 saturated heterocycles. The Bertz CT molecular complexity index is 913. The number of aromatic nitrogens is 3. The molecule has 0 aliphatic rings. The molecule has 3 aromatic rings. The molecule has 0 radical (unpaired) electrons. The van der Waals surface area contributed by atoms with Crippen LogP contribution in [0.15, 0.2) is 45.8 Å². The van der Waals surface area contributed by atoms with Crippen LogP contribution in [0.3, 0.4) is 0 Å². The summed E-state index contributed by atoms with van der Waals surface area (Å²) in [6.07, 6.45) is 3.15. The van der Waals surface area contributed by atoms with Crippen molar-refractivity contribution in [3.63, 3.8) is 0 Å². The molecule has 0 bridgehead atoms. The summed E-state index contributed by atoms with van der Waals surface area (Å²) in [5, 5.41) is 4.61. The van der Waals surface area contributed by atoms with Crippen LogP contribution < -0.4 is 5.43 Å². The Labute approximate surface area is 137 Å². The van der Waals surface area contributed by atoms with Gasteiger partial charge in [-0.1, -0.05) is 17.3 Å². The van der Waals surface area contributed by atoms with Gasteiger partial charge in [0.1, 0.15) is 0 Å². The molecule has 3 rings (SSSR count). The summed E-state index contributed by atoms with van der Waals surface area (Å²) < 4.78 is 11.7. The van der Waals surface area contributed by atoms with Crippen LogP contribution in [0.1, 0.15) is 24.6 Å². The fourth-order valence-electron chi connectivity index (χ4n) is 2.49. The molecule has 0 fully saturated rings. The van der Waals surface area contributed by atoms with Crippen LogP contribution in [-0.2, 0) is 22.5 Å². The summed E-state index contributed by atoms with van der Waals surface area (Å²) in [6.45, 7) is 0.404. The Hall–Kier alpha value is -2.96. The molecule has 24 heavy (non-hydrogen) atoms. The number of aryl methyl sites for hydroxylation is 1. The number of esters is 1. The highest BCUT2D eigenvalue weighted by Crippen LogP contribution is 2.11.